The fourth-order valence-electron chi connectivity index (χ4n) is 2.13. The van der Waals surface area contributed by atoms with Gasteiger partial charge in [0.05, 0.1) is 0 Å². The van der Waals surface area contributed by atoms with Crippen molar-refractivity contribution in [3.63, 3.8) is 0 Å². The summed E-state index contributed by atoms with van der Waals surface area (Å²) in [6.07, 6.45) is 1.46. The van der Waals surface area contributed by atoms with E-state index in [2.05, 4.69) is 4.98 Å². The van der Waals surface area contributed by atoms with Gasteiger partial charge < -0.3 is 10.8 Å². The first-order valence-electron chi connectivity index (χ1n) is 5.83. The maximum Gasteiger partial charge on any atom is 0.355 e. The summed E-state index contributed by atoms with van der Waals surface area (Å²) in [5.41, 5.74) is 6.78. The number of nitrogens with zero attached hydrogens (tertiary/aromatic N) is 2. The van der Waals surface area contributed by atoms with Crippen molar-refractivity contribution in [1.82, 2.24) is 9.38 Å². The Labute approximate surface area is 113 Å². The number of carboxylic acids is 1. The first kappa shape index (κ1) is 12.2. The second-order valence-corrected chi connectivity index (χ2v) is 4.29. The van der Waals surface area contributed by atoms with Gasteiger partial charge in [-0.05, 0) is 24.3 Å². The summed E-state index contributed by atoms with van der Waals surface area (Å²) in [6.45, 7) is 0. The molecule has 6 heteroatoms. The van der Waals surface area contributed by atoms with Crippen molar-refractivity contribution in [2.75, 3.05) is 5.73 Å². The molecule has 0 aliphatic rings. The van der Waals surface area contributed by atoms with Gasteiger partial charge in [-0.15, -0.1) is 0 Å². The van der Waals surface area contributed by atoms with Crippen molar-refractivity contribution in [2.45, 2.75) is 0 Å². The number of carbonyl (C=O) groups is 1. The highest BCUT2D eigenvalue weighted by Gasteiger charge is 2.21. The second-order valence-electron chi connectivity index (χ2n) is 4.29. The third kappa shape index (κ3) is 1.78. The maximum absolute atomic E-state index is 13.7. The molecule has 20 heavy (non-hydrogen) atoms. The molecule has 0 spiro atoms. The van der Waals surface area contributed by atoms with Crippen LogP contribution in [-0.4, -0.2) is 20.5 Å². The van der Waals surface area contributed by atoms with E-state index >= 15 is 0 Å². The third-order valence-corrected chi connectivity index (χ3v) is 2.97. The van der Waals surface area contributed by atoms with Crippen molar-refractivity contribution >= 4 is 17.3 Å². The largest absolute Gasteiger partial charge is 0.476 e. The number of hydrogen-bond acceptors (Lipinski definition) is 3. The fraction of sp³-hybridized carbons (Fsp3) is 0. The molecule has 3 aromatic rings. The smallest absolute Gasteiger partial charge is 0.355 e. The summed E-state index contributed by atoms with van der Waals surface area (Å²) in [4.78, 5) is 15.5. The lowest BCUT2D eigenvalue weighted by atomic mass is 10.1. The number of imidazole rings is 1. The molecule has 0 unspecified atom stereocenters. The molecule has 3 N–H and O–H groups in total. The molecule has 100 valence electrons. The summed E-state index contributed by atoms with van der Waals surface area (Å²) < 4.78 is 15.0. The van der Waals surface area contributed by atoms with Crippen LogP contribution in [0.25, 0.3) is 16.9 Å². The van der Waals surface area contributed by atoms with Gasteiger partial charge in [-0.3, -0.25) is 4.40 Å². The first-order valence-corrected chi connectivity index (χ1v) is 5.83. The molecule has 1 aromatic carbocycles. The van der Waals surface area contributed by atoms with Crippen LogP contribution in [0.1, 0.15) is 10.5 Å². The number of halogens is 1. The van der Waals surface area contributed by atoms with Crippen LogP contribution in [0.2, 0.25) is 0 Å². The van der Waals surface area contributed by atoms with Gasteiger partial charge in [0.25, 0.3) is 0 Å². The fourth-order valence-corrected chi connectivity index (χ4v) is 2.13. The molecule has 0 saturated carbocycles. The topological polar surface area (TPSA) is 80.6 Å². The number of rotatable bonds is 2. The number of aromatic nitrogens is 2. The van der Waals surface area contributed by atoms with E-state index in [-0.39, 0.29) is 17.0 Å². The predicted molar refractivity (Wildman–Crippen MR) is 72.0 cm³/mol. The van der Waals surface area contributed by atoms with Crippen LogP contribution in [0.4, 0.5) is 10.1 Å². The quantitative estimate of drug-likeness (QED) is 0.701. The minimum absolute atomic E-state index is 0.0256. The summed E-state index contributed by atoms with van der Waals surface area (Å²) in [5, 5.41) is 9.36. The molecule has 5 nitrogen and oxygen atoms in total. The maximum atomic E-state index is 13.7. The lowest BCUT2D eigenvalue weighted by Gasteiger charge is -2.01. The predicted octanol–water partition coefficient (Wildman–Crippen LogP) is 2.42. The zero-order chi connectivity index (χ0) is 14.3. The Kier molecular flexibility index (Phi) is 2.64. The minimum atomic E-state index is -1.18. The van der Waals surface area contributed by atoms with Crippen LogP contribution in [0.15, 0.2) is 42.6 Å². The van der Waals surface area contributed by atoms with E-state index < -0.39 is 11.8 Å². The molecule has 2 heterocycles. The van der Waals surface area contributed by atoms with Crippen molar-refractivity contribution < 1.29 is 14.3 Å². The first-order chi connectivity index (χ1) is 9.58. The highest BCUT2D eigenvalue weighted by atomic mass is 19.1. The van der Waals surface area contributed by atoms with E-state index in [1.807, 2.05) is 0 Å². The zero-order valence-electron chi connectivity index (χ0n) is 10.2. The second kappa shape index (κ2) is 4.34. The van der Waals surface area contributed by atoms with Gasteiger partial charge >= 0.3 is 5.97 Å². The van der Waals surface area contributed by atoms with Gasteiger partial charge in [-0.2, -0.15) is 0 Å². The number of aromatic carboxylic acids is 1. The van der Waals surface area contributed by atoms with Gasteiger partial charge in [0.1, 0.15) is 5.69 Å². The summed E-state index contributed by atoms with van der Waals surface area (Å²) >= 11 is 0. The molecule has 0 amide bonds. The Morgan fingerprint density at radius 2 is 2.10 bits per heavy atom. The number of pyridine rings is 1. The van der Waals surface area contributed by atoms with Crippen molar-refractivity contribution in [3.05, 3.63) is 54.1 Å². The van der Waals surface area contributed by atoms with Crippen LogP contribution in [0.5, 0.6) is 0 Å². The van der Waals surface area contributed by atoms with Crippen LogP contribution < -0.4 is 5.73 Å². The van der Waals surface area contributed by atoms with Crippen LogP contribution in [0, 0.1) is 5.82 Å². The Bertz CT molecular complexity index is 826. The average molecular weight is 271 g/mol. The number of carboxylic acid groups (broad SMARTS) is 1. The van der Waals surface area contributed by atoms with Gasteiger partial charge in [0.15, 0.2) is 17.2 Å². The third-order valence-electron chi connectivity index (χ3n) is 2.97. The molecule has 0 fully saturated rings. The Morgan fingerprint density at radius 3 is 2.80 bits per heavy atom. The molecular weight excluding hydrogens is 261 g/mol. The molecule has 0 bridgehead atoms. The number of nitrogen functional groups attached to an aromatic ring is 1. The molecule has 3 rings (SSSR count). The van der Waals surface area contributed by atoms with Gasteiger partial charge in [0, 0.05) is 17.4 Å². The van der Waals surface area contributed by atoms with E-state index in [4.69, 9.17) is 5.73 Å². The highest BCUT2D eigenvalue weighted by Crippen LogP contribution is 2.26. The molecule has 0 aliphatic heterocycles. The normalized spacial score (nSPS) is 10.8. The number of benzene rings is 1. The molecule has 0 atom stereocenters. The monoisotopic (exact) mass is 271 g/mol. The molecule has 0 saturated heterocycles. The number of hydrogen-bond donors (Lipinski definition) is 2. The Hall–Kier alpha value is -2.89. The number of anilines is 1. The van der Waals surface area contributed by atoms with E-state index in [0.29, 0.717) is 11.3 Å². The lowest BCUT2D eigenvalue weighted by Crippen LogP contribution is -2.03. The lowest BCUT2D eigenvalue weighted by molar-refractivity contribution is 0.0690. The summed E-state index contributed by atoms with van der Waals surface area (Å²) in [6, 6.07) is 9.32. The van der Waals surface area contributed by atoms with E-state index in [0.717, 1.165) is 0 Å². The van der Waals surface area contributed by atoms with E-state index in [9.17, 15) is 14.3 Å². The van der Waals surface area contributed by atoms with Gasteiger partial charge in [0.2, 0.25) is 0 Å². The van der Waals surface area contributed by atoms with Crippen LogP contribution >= 0.6 is 0 Å². The summed E-state index contributed by atoms with van der Waals surface area (Å²) in [5.74, 6) is -1.76. The molecule has 0 radical (unpaired) electrons. The van der Waals surface area contributed by atoms with Crippen molar-refractivity contribution in [3.8, 4) is 11.3 Å². The van der Waals surface area contributed by atoms with Crippen molar-refractivity contribution in [2.24, 2.45) is 0 Å². The SMILES string of the molecule is Nc1cccc(-c2nc3c(F)cccn3c2C(=O)O)c1. The molecule has 0 aliphatic carbocycles. The van der Waals surface area contributed by atoms with Gasteiger partial charge in [-0.1, -0.05) is 12.1 Å². The van der Waals surface area contributed by atoms with Gasteiger partial charge in [-0.25, -0.2) is 14.2 Å². The molecular formula is C14H10FN3O2. The van der Waals surface area contributed by atoms with Crippen LogP contribution in [0.3, 0.4) is 0 Å². The van der Waals surface area contributed by atoms with E-state index in [1.54, 1.807) is 24.3 Å². The van der Waals surface area contributed by atoms with E-state index in [1.165, 1.54) is 22.7 Å². The summed E-state index contributed by atoms with van der Waals surface area (Å²) in [7, 11) is 0. The zero-order valence-corrected chi connectivity index (χ0v) is 10.2. The Balaban J connectivity index is 2.38. The average Bonchev–Trinajstić information content (AvgIpc) is 2.79. The standard InChI is InChI=1S/C14H10FN3O2/c15-10-5-2-6-18-12(14(19)20)11(17-13(10)18)8-3-1-4-9(16)7-8/h1-7H,16H2,(H,19,20). The Morgan fingerprint density at radius 1 is 1.30 bits per heavy atom. The van der Waals surface area contributed by atoms with Crippen LogP contribution in [-0.2, 0) is 0 Å². The number of fused-ring (bicyclic) bond motifs is 1. The molecule has 2 aromatic heterocycles. The highest BCUT2D eigenvalue weighted by molar-refractivity contribution is 5.95. The minimum Gasteiger partial charge on any atom is -0.476 e. The number of nitrogens with two attached hydrogens (primary N) is 1. The van der Waals surface area contributed by atoms with Crippen molar-refractivity contribution in [1.29, 1.82) is 0 Å².